The van der Waals surface area contributed by atoms with Crippen LogP contribution in [0.15, 0.2) is 0 Å². The molecule has 2 nitrogen and oxygen atoms in total. The zero-order valence-corrected chi connectivity index (χ0v) is 9.21. The van der Waals surface area contributed by atoms with Gasteiger partial charge in [0.05, 0.1) is 0 Å². The summed E-state index contributed by atoms with van der Waals surface area (Å²) >= 11 is 0. The molecular formula is C12H20O2. The number of methoxy groups -OCH3 is 1. The highest BCUT2D eigenvalue weighted by atomic mass is 16.5. The lowest BCUT2D eigenvalue weighted by molar-refractivity contribution is -0.148. The monoisotopic (exact) mass is 196 g/mol. The molecule has 2 fully saturated rings. The van der Waals surface area contributed by atoms with E-state index in [0.717, 1.165) is 32.1 Å². The lowest BCUT2D eigenvalue weighted by Crippen LogP contribution is -2.45. The van der Waals surface area contributed by atoms with Crippen molar-refractivity contribution < 1.29 is 9.53 Å². The Kier molecular flexibility index (Phi) is 2.65. The highest BCUT2D eigenvalue weighted by molar-refractivity contribution is 5.91. The molecule has 0 N–H and O–H groups in total. The van der Waals surface area contributed by atoms with Crippen molar-refractivity contribution in [2.75, 3.05) is 7.11 Å². The largest absolute Gasteiger partial charge is 0.370 e. The normalized spacial score (nSPS) is 38.3. The first kappa shape index (κ1) is 10.2. The van der Waals surface area contributed by atoms with Crippen LogP contribution in [0.5, 0.6) is 0 Å². The van der Waals surface area contributed by atoms with E-state index in [0.29, 0.717) is 17.6 Å². The van der Waals surface area contributed by atoms with Crippen LogP contribution in [-0.4, -0.2) is 18.5 Å². The summed E-state index contributed by atoms with van der Waals surface area (Å²) in [5.74, 6) is 1.37. The Bertz CT molecular complexity index is 232. The van der Waals surface area contributed by atoms with Crippen LogP contribution in [0.3, 0.4) is 0 Å². The summed E-state index contributed by atoms with van der Waals surface area (Å²) in [4.78, 5) is 12.1. The maximum absolute atomic E-state index is 12.1. The zero-order valence-electron chi connectivity index (χ0n) is 9.21. The van der Waals surface area contributed by atoms with E-state index in [9.17, 15) is 4.79 Å². The third-order valence-corrected chi connectivity index (χ3v) is 3.74. The second kappa shape index (κ2) is 3.65. The first-order chi connectivity index (χ1) is 6.68. The fourth-order valence-electron chi connectivity index (χ4n) is 2.73. The zero-order chi connectivity index (χ0) is 10.2. The molecular weight excluding hydrogens is 176 g/mol. The average Bonchev–Trinajstić information content (AvgIpc) is 3.00. The minimum atomic E-state index is -0.404. The summed E-state index contributed by atoms with van der Waals surface area (Å²) in [6, 6.07) is 0. The van der Waals surface area contributed by atoms with E-state index >= 15 is 0 Å². The van der Waals surface area contributed by atoms with E-state index in [1.807, 2.05) is 0 Å². The molecule has 0 amide bonds. The third-order valence-electron chi connectivity index (χ3n) is 3.74. The van der Waals surface area contributed by atoms with Crippen LogP contribution in [0.2, 0.25) is 0 Å². The molecule has 0 saturated heterocycles. The topological polar surface area (TPSA) is 26.3 Å². The highest BCUT2D eigenvalue weighted by Crippen LogP contribution is 2.42. The van der Waals surface area contributed by atoms with Gasteiger partial charge in [0.1, 0.15) is 5.60 Å². The van der Waals surface area contributed by atoms with E-state index in [1.165, 1.54) is 6.42 Å². The molecule has 2 aliphatic rings. The quantitative estimate of drug-likeness (QED) is 0.693. The summed E-state index contributed by atoms with van der Waals surface area (Å²) in [6.07, 6.45) is 6.48. The van der Waals surface area contributed by atoms with Gasteiger partial charge in [0, 0.05) is 13.0 Å². The first-order valence-electron chi connectivity index (χ1n) is 5.77. The molecule has 2 atom stereocenters. The van der Waals surface area contributed by atoms with Gasteiger partial charge in [-0.15, -0.1) is 0 Å². The smallest absolute Gasteiger partial charge is 0.167 e. The Morgan fingerprint density at radius 1 is 1.36 bits per heavy atom. The number of hydrogen-bond acceptors (Lipinski definition) is 2. The Labute approximate surface area is 86.0 Å². The van der Waals surface area contributed by atoms with Crippen LogP contribution < -0.4 is 0 Å². The number of hydrogen-bond donors (Lipinski definition) is 0. The van der Waals surface area contributed by atoms with Crippen molar-refractivity contribution in [3.63, 3.8) is 0 Å². The predicted octanol–water partition coefficient (Wildman–Crippen LogP) is 2.56. The summed E-state index contributed by atoms with van der Waals surface area (Å²) in [5, 5.41) is 0. The van der Waals surface area contributed by atoms with Crippen LogP contribution in [0.4, 0.5) is 0 Å². The average molecular weight is 196 g/mol. The van der Waals surface area contributed by atoms with Crippen LogP contribution in [-0.2, 0) is 9.53 Å². The Morgan fingerprint density at radius 3 is 2.57 bits per heavy atom. The molecule has 0 aromatic heterocycles. The number of carbonyl (C=O) groups is 1. The second-order valence-corrected chi connectivity index (χ2v) is 5.04. The van der Waals surface area contributed by atoms with Crippen molar-refractivity contribution in [1.29, 1.82) is 0 Å². The Hall–Kier alpha value is -0.370. The minimum absolute atomic E-state index is 0.334. The summed E-state index contributed by atoms with van der Waals surface area (Å²) in [6.45, 7) is 2.23. The van der Waals surface area contributed by atoms with Gasteiger partial charge in [-0.25, -0.2) is 0 Å². The van der Waals surface area contributed by atoms with Crippen molar-refractivity contribution in [2.45, 2.75) is 51.0 Å². The van der Waals surface area contributed by atoms with Crippen LogP contribution in [0.25, 0.3) is 0 Å². The maximum atomic E-state index is 12.1. The minimum Gasteiger partial charge on any atom is -0.370 e. The molecule has 0 aliphatic heterocycles. The molecule has 2 rings (SSSR count). The van der Waals surface area contributed by atoms with Gasteiger partial charge in [-0.05, 0) is 38.0 Å². The van der Waals surface area contributed by atoms with Crippen LogP contribution in [0.1, 0.15) is 45.4 Å². The molecule has 0 aromatic rings. The number of ether oxygens (including phenoxy) is 1. The molecule has 0 bridgehead atoms. The van der Waals surface area contributed by atoms with Gasteiger partial charge in [0.25, 0.3) is 0 Å². The van der Waals surface area contributed by atoms with Crippen LogP contribution >= 0.6 is 0 Å². The van der Waals surface area contributed by atoms with E-state index in [-0.39, 0.29) is 0 Å². The van der Waals surface area contributed by atoms with Crippen molar-refractivity contribution in [3.8, 4) is 0 Å². The SMILES string of the molecule is COC1(C(=O)C2CC2)CCCC(C)C1. The van der Waals surface area contributed by atoms with Crippen molar-refractivity contribution in [3.05, 3.63) is 0 Å². The molecule has 0 aromatic carbocycles. The maximum Gasteiger partial charge on any atom is 0.167 e. The number of Topliss-reactive ketones (excluding diaryl/α,β-unsaturated/α-hetero) is 1. The van der Waals surface area contributed by atoms with Gasteiger partial charge in [-0.3, -0.25) is 4.79 Å². The molecule has 80 valence electrons. The van der Waals surface area contributed by atoms with Crippen LogP contribution in [0, 0.1) is 11.8 Å². The third kappa shape index (κ3) is 1.72. The molecule has 0 heterocycles. The van der Waals surface area contributed by atoms with Crippen molar-refractivity contribution >= 4 is 5.78 Å². The van der Waals surface area contributed by atoms with Gasteiger partial charge >= 0.3 is 0 Å². The summed E-state index contributed by atoms with van der Waals surface area (Å²) in [5.41, 5.74) is -0.404. The standard InChI is InChI=1S/C12H20O2/c1-9-4-3-7-12(8-9,14-2)11(13)10-5-6-10/h9-10H,3-8H2,1-2H3. The molecule has 2 unspecified atom stereocenters. The molecule has 0 radical (unpaired) electrons. The summed E-state index contributed by atoms with van der Waals surface area (Å²) in [7, 11) is 1.71. The number of carbonyl (C=O) groups excluding carboxylic acids is 1. The van der Waals surface area contributed by atoms with Gasteiger partial charge in [0.2, 0.25) is 0 Å². The van der Waals surface area contributed by atoms with E-state index < -0.39 is 5.60 Å². The van der Waals surface area contributed by atoms with Gasteiger partial charge < -0.3 is 4.74 Å². The Balaban J connectivity index is 2.10. The van der Waals surface area contributed by atoms with Crippen molar-refractivity contribution in [2.24, 2.45) is 11.8 Å². The highest BCUT2D eigenvalue weighted by Gasteiger charge is 2.47. The molecule has 2 saturated carbocycles. The fourth-order valence-corrected chi connectivity index (χ4v) is 2.73. The number of rotatable bonds is 3. The summed E-state index contributed by atoms with van der Waals surface area (Å²) < 4.78 is 5.56. The van der Waals surface area contributed by atoms with E-state index in [4.69, 9.17) is 4.74 Å². The molecule has 14 heavy (non-hydrogen) atoms. The Morgan fingerprint density at radius 2 is 2.07 bits per heavy atom. The fraction of sp³-hybridized carbons (Fsp3) is 0.917. The predicted molar refractivity (Wildman–Crippen MR) is 55.1 cm³/mol. The second-order valence-electron chi connectivity index (χ2n) is 5.04. The van der Waals surface area contributed by atoms with Crippen molar-refractivity contribution in [1.82, 2.24) is 0 Å². The van der Waals surface area contributed by atoms with Gasteiger partial charge in [-0.1, -0.05) is 13.3 Å². The molecule has 2 aliphatic carbocycles. The number of ketones is 1. The molecule has 0 spiro atoms. The lowest BCUT2D eigenvalue weighted by Gasteiger charge is -2.37. The van der Waals surface area contributed by atoms with Gasteiger partial charge in [0.15, 0.2) is 5.78 Å². The molecule has 2 heteroatoms. The lowest BCUT2D eigenvalue weighted by atomic mass is 9.75. The van der Waals surface area contributed by atoms with Gasteiger partial charge in [-0.2, -0.15) is 0 Å². The first-order valence-corrected chi connectivity index (χ1v) is 5.77. The van der Waals surface area contributed by atoms with E-state index in [2.05, 4.69) is 6.92 Å². The van der Waals surface area contributed by atoms with E-state index in [1.54, 1.807) is 7.11 Å².